The van der Waals surface area contributed by atoms with Gasteiger partial charge in [0, 0.05) is 0 Å². The number of hydrogen-bond acceptors (Lipinski definition) is 1. The largest absolute Gasteiger partial charge is 0.474 e. The van der Waals surface area contributed by atoms with E-state index < -0.39 is 15.3 Å². The van der Waals surface area contributed by atoms with Crippen LogP contribution in [0.25, 0.3) is 0 Å². The van der Waals surface area contributed by atoms with Crippen LogP contribution >= 0.6 is 10.0 Å². The Morgan fingerprint density at radius 1 is 1.44 bits per heavy atom. The molecule has 9 heavy (non-hydrogen) atoms. The SMILES string of the molecule is CS1(C(=O)O)C=CC=C1. The Balaban J connectivity index is 2.88. The number of carbonyl (C=O) groups is 1. The Kier molecular flexibility index (Phi) is 1.37. The van der Waals surface area contributed by atoms with Gasteiger partial charge in [0.2, 0.25) is 0 Å². The monoisotopic (exact) mass is 144 g/mol. The summed E-state index contributed by atoms with van der Waals surface area (Å²) in [6.07, 6.45) is 5.31. The molecule has 1 aliphatic rings. The normalized spacial score (nSPS) is 24.1. The maximum atomic E-state index is 10.5. The van der Waals surface area contributed by atoms with Gasteiger partial charge >= 0.3 is 5.30 Å². The van der Waals surface area contributed by atoms with Gasteiger partial charge in [0.05, 0.1) is 0 Å². The fourth-order valence-corrected chi connectivity index (χ4v) is 1.74. The average molecular weight is 144 g/mol. The molecule has 0 aromatic rings. The van der Waals surface area contributed by atoms with Crippen molar-refractivity contribution < 1.29 is 9.90 Å². The lowest BCUT2D eigenvalue weighted by molar-refractivity contribution is 0.221. The lowest BCUT2D eigenvalue weighted by Crippen LogP contribution is -1.99. The molecule has 0 spiro atoms. The molecule has 0 saturated heterocycles. The van der Waals surface area contributed by atoms with Crippen molar-refractivity contribution in [1.82, 2.24) is 0 Å². The molecule has 0 radical (unpaired) electrons. The van der Waals surface area contributed by atoms with Crippen LogP contribution in [0.4, 0.5) is 4.79 Å². The highest BCUT2D eigenvalue weighted by molar-refractivity contribution is 8.48. The number of carboxylic acid groups (broad SMARTS) is 1. The van der Waals surface area contributed by atoms with Gasteiger partial charge < -0.3 is 5.11 Å². The van der Waals surface area contributed by atoms with Gasteiger partial charge in [0.1, 0.15) is 0 Å². The van der Waals surface area contributed by atoms with E-state index in [0.29, 0.717) is 0 Å². The topological polar surface area (TPSA) is 37.3 Å². The summed E-state index contributed by atoms with van der Waals surface area (Å²) >= 11 is 0. The van der Waals surface area contributed by atoms with Crippen LogP contribution in [0.2, 0.25) is 0 Å². The second-order valence-corrected chi connectivity index (χ2v) is 4.96. The third-order valence-electron chi connectivity index (χ3n) is 1.21. The predicted molar refractivity (Wildman–Crippen MR) is 39.8 cm³/mol. The van der Waals surface area contributed by atoms with E-state index in [2.05, 4.69) is 0 Å². The van der Waals surface area contributed by atoms with Crippen molar-refractivity contribution >= 4 is 15.3 Å². The van der Waals surface area contributed by atoms with E-state index in [4.69, 9.17) is 5.11 Å². The Hall–Kier alpha value is -0.700. The molecule has 0 saturated carbocycles. The quantitative estimate of drug-likeness (QED) is 0.565. The molecule has 1 rings (SSSR count). The molecule has 0 bridgehead atoms. The maximum Gasteiger partial charge on any atom is 0.354 e. The van der Waals surface area contributed by atoms with Gasteiger partial charge in [-0.2, -0.15) is 0 Å². The van der Waals surface area contributed by atoms with E-state index >= 15 is 0 Å². The molecule has 1 aliphatic heterocycles. The van der Waals surface area contributed by atoms with Gasteiger partial charge in [-0.05, 0) is 17.1 Å². The van der Waals surface area contributed by atoms with Crippen molar-refractivity contribution in [2.45, 2.75) is 0 Å². The van der Waals surface area contributed by atoms with Crippen LogP contribution in [-0.4, -0.2) is 16.7 Å². The van der Waals surface area contributed by atoms with E-state index in [0.717, 1.165) is 0 Å². The summed E-state index contributed by atoms with van der Waals surface area (Å²) in [5, 5.41) is 11.4. The maximum absolute atomic E-state index is 10.5. The van der Waals surface area contributed by atoms with Crippen LogP contribution in [-0.2, 0) is 0 Å². The van der Waals surface area contributed by atoms with E-state index in [1.807, 2.05) is 0 Å². The Bertz CT molecular complexity index is 181. The van der Waals surface area contributed by atoms with Crippen molar-refractivity contribution in [1.29, 1.82) is 0 Å². The second kappa shape index (κ2) is 1.92. The highest BCUT2D eigenvalue weighted by atomic mass is 32.3. The molecule has 0 aromatic heterocycles. The molecule has 0 aromatic carbocycles. The molecule has 0 aliphatic carbocycles. The van der Waals surface area contributed by atoms with Gasteiger partial charge in [-0.1, -0.05) is 12.2 Å². The van der Waals surface area contributed by atoms with Crippen molar-refractivity contribution in [3.8, 4) is 0 Å². The average Bonchev–Trinajstić information content (AvgIpc) is 2.16. The molecular formula is C6H8O2S. The summed E-state index contributed by atoms with van der Waals surface area (Å²) in [4.78, 5) is 10.5. The van der Waals surface area contributed by atoms with Gasteiger partial charge in [-0.3, -0.25) is 0 Å². The smallest absolute Gasteiger partial charge is 0.354 e. The Morgan fingerprint density at radius 3 is 2.11 bits per heavy atom. The summed E-state index contributed by atoms with van der Waals surface area (Å²) in [5.41, 5.74) is 0. The minimum Gasteiger partial charge on any atom is -0.474 e. The van der Waals surface area contributed by atoms with Crippen LogP contribution in [0.5, 0.6) is 0 Å². The molecule has 0 atom stereocenters. The first-order valence-electron chi connectivity index (χ1n) is 2.51. The third-order valence-corrected chi connectivity index (χ3v) is 3.41. The lowest BCUT2D eigenvalue weighted by atomic mass is 10.6. The summed E-state index contributed by atoms with van der Waals surface area (Å²) < 4.78 is 0. The van der Waals surface area contributed by atoms with Crippen LogP contribution in [0, 0.1) is 0 Å². The van der Waals surface area contributed by atoms with Crippen molar-refractivity contribution in [3.05, 3.63) is 23.0 Å². The highest BCUT2D eigenvalue weighted by Gasteiger charge is 2.21. The van der Waals surface area contributed by atoms with Crippen LogP contribution in [0.3, 0.4) is 0 Å². The molecule has 1 N–H and O–H groups in total. The molecule has 0 unspecified atom stereocenters. The van der Waals surface area contributed by atoms with E-state index in [9.17, 15) is 4.79 Å². The van der Waals surface area contributed by atoms with Crippen molar-refractivity contribution in [2.24, 2.45) is 0 Å². The van der Waals surface area contributed by atoms with E-state index in [-0.39, 0.29) is 0 Å². The highest BCUT2D eigenvalue weighted by Crippen LogP contribution is 2.50. The lowest BCUT2D eigenvalue weighted by Gasteiger charge is -2.17. The molecule has 0 amide bonds. The third kappa shape index (κ3) is 1.00. The zero-order chi connectivity index (χ0) is 6.91. The van der Waals surface area contributed by atoms with E-state index in [1.54, 1.807) is 29.2 Å². The van der Waals surface area contributed by atoms with Gasteiger partial charge in [0.15, 0.2) is 0 Å². The van der Waals surface area contributed by atoms with Crippen LogP contribution in [0.1, 0.15) is 0 Å². The number of hydrogen-bond donors (Lipinski definition) is 1. The first kappa shape index (κ1) is 6.42. The summed E-state index contributed by atoms with van der Waals surface area (Å²) in [5.74, 6) is 0. The van der Waals surface area contributed by atoms with Gasteiger partial charge in [-0.25, -0.2) is 4.79 Å². The molecule has 3 heteroatoms. The van der Waals surface area contributed by atoms with Gasteiger partial charge in [-0.15, -0.1) is 10.0 Å². The predicted octanol–water partition coefficient (Wildman–Crippen LogP) is 2.14. The second-order valence-electron chi connectivity index (χ2n) is 1.97. The molecule has 2 nitrogen and oxygen atoms in total. The van der Waals surface area contributed by atoms with Gasteiger partial charge in [0.25, 0.3) is 0 Å². The molecule has 0 fully saturated rings. The molecular weight excluding hydrogens is 136 g/mol. The minimum absolute atomic E-state index is 0.715. The first-order valence-corrected chi connectivity index (χ1v) is 4.68. The molecule has 50 valence electrons. The summed E-state index contributed by atoms with van der Waals surface area (Å²) in [7, 11) is -1.56. The first-order chi connectivity index (χ1) is 4.15. The van der Waals surface area contributed by atoms with Crippen LogP contribution in [0.15, 0.2) is 23.0 Å². The zero-order valence-corrected chi connectivity index (χ0v) is 5.89. The number of rotatable bonds is 0. The number of allylic oxidation sites excluding steroid dienone is 2. The van der Waals surface area contributed by atoms with Crippen LogP contribution < -0.4 is 0 Å². The molecule has 1 heterocycles. The Morgan fingerprint density at radius 2 is 1.89 bits per heavy atom. The Labute approximate surface area is 55.2 Å². The van der Waals surface area contributed by atoms with Crippen molar-refractivity contribution in [3.63, 3.8) is 0 Å². The fraction of sp³-hybridized carbons (Fsp3) is 0.167. The zero-order valence-electron chi connectivity index (χ0n) is 5.07. The van der Waals surface area contributed by atoms with E-state index in [1.165, 1.54) is 0 Å². The standard InChI is InChI=1S/C6H8O2S/c1-9(6(7)8)4-2-3-5-9/h2-5H,1H3,(H,7,8). The summed E-state index contributed by atoms with van der Waals surface area (Å²) in [6.45, 7) is 0. The summed E-state index contributed by atoms with van der Waals surface area (Å²) in [6, 6.07) is 0. The van der Waals surface area contributed by atoms with Crippen molar-refractivity contribution in [2.75, 3.05) is 6.26 Å². The fourth-order valence-electron chi connectivity index (χ4n) is 0.579. The minimum atomic E-state index is -1.56.